The van der Waals surface area contributed by atoms with Crippen LogP contribution in [0.3, 0.4) is 0 Å². The molecule has 0 heterocycles. The maximum atomic E-state index is 12.1. The summed E-state index contributed by atoms with van der Waals surface area (Å²) >= 11 is 5.85. The number of carboxylic acids is 1. The molecule has 0 saturated heterocycles. The monoisotopic (exact) mass is 298 g/mol. The van der Waals surface area contributed by atoms with Gasteiger partial charge in [-0.1, -0.05) is 25.4 Å². The van der Waals surface area contributed by atoms with Gasteiger partial charge in [-0.25, -0.2) is 9.59 Å². The van der Waals surface area contributed by atoms with E-state index in [0.29, 0.717) is 5.69 Å². The fourth-order valence-corrected chi connectivity index (χ4v) is 2.23. The minimum absolute atomic E-state index is 0.0398. The van der Waals surface area contributed by atoms with Crippen molar-refractivity contribution in [3.63, 3.8) is 0 Å². The first kappa shape index (κ1) is 16.3. The highest BCUT2D eigenvalue weighted by atomic mass is 35.5. The highest BCUT2D eigenvalue weighted by molar-refractivity contribution is 6.31. The lowest BCUT2D eigenvalue weighted by Gasteiger charge is -2.26. The van der Waals surface area contributed by atoms with Crippen LogP contribution in [0, 0.1) is 0 Å². The van der Waals surface area contributed by atoms with Crippen LogP contribution >= 0.6 is 11.6 Å². The zero-order valence-corrected chi connectivity index (χ0v) is 12.6. The first-order valence-corrected chi connectivity index (χ1v) is 6.84. The molecule has 1 rings (SSSR count). The van der Waals surface area contributed by atoms with Gasteiger partial charge in [0.25, 0.3) is 0 Å². The van der Waals surface area contributed by atoms with Gasteiger partial charge in [-0.2, -0.15) is 0 Å². The zero-order valence-electron chi connectivity index (χ0n) is 11.8. The van der Waals surface area contributed by atoms with E-state index in [0.717, 1.165) is 12.8 Å². The van der Waals surface area contributed by atoms with Crippen LogP contribution in [-0.2, 0) is 0 Å². The van der Waals surface area contributed by atoms with Gasteiger partial charge in [-0.3, -0.25) is 0 Å². The molecular weight excluding hydrogens is 280 g/mol. The minimum Gasteiger partial charge on any atom is -0.478 e. The smallest absolute Gasteiger partial charge is 0.335 e. The molecule has 0 aliphatic rings. The second kappa shape index (κ2) is 7.14. The Labute approximate surface area is 123 Å². The Morgan fingerprint density at radius 1 is 1.30 bits per heavy atom. The minimum atomic E-state index is -1.09. The second-order valence-electron chi connectivity index (χ2n) is 4.55. The van der Waals surface area contributed by atoms with Crippen molar-refractivity contribution in [3.8, 4) is 0 Å². The number of amides is 2. The van der Waals surface area contributed by atoms with Crippen LogP contribution in [0.15, 0.2) is 18.2 Å². The predicted molar refractivity (Wildman–Crippen MR) is 79.6 cm³/mol. The van der Waals surface area contributed by atoms with Crippen molar-refractivity contribution in [2.24, 2.45) is 0 Å². The Bertz CT molecular complexity index is 501. The normalized spacial score (nSPS) is 10.4. The maximum absolute atomic E-state index is 12.1. The zero-order chi connectivity index (χ0) is 15.3. The van der Waals surface area contributed by atoms with Gasteiger partial charge in [0.1, 0.15) is 0 Å². The predicted octanol–water partition coefficient (Wildman–Crippen LogP) is 3.69. The van der Waals surface area contributed by atoms with Crippen molar-refractivity contribution in [1.82, 2.24) is 4.90 Å². The summed E-state index contributed by atoms with van der Waals surface area (Å²) in [6, 6.07) is 4.11. The third-order valence-electron chi connectivity index (χ3n) is 3.21. The third kappa shape index (κ3) is 4.13. The average molecular weight is 299 g/mol. The molecule has 0 radical (unpaired) electrons. The molecule has 0 unspecified atom stereocenters. The Morgan fingerprint density at radius 3 is 2.40 bits per heavy atom. The first-order valence-electron chi connectivity index (χ1n) is 6.46. The van der Waals surface area contributed by atoms with Gasteiger partial charge in [-0.05, 0) is 31.0 Å². The lowest BCUT2D eigenvalue weighted by molar-refractivity contribution is 0.0697. The number of hydrogen-bond donors (Lipinski definition) is 2. The summed E-state index contributed by atoms with van der Waals surface area (Å²) in [5.74, 6) is -1.09. The number of urea groups is 1. The lowest BCUT2D eigenvalue weighted by atomic mass is 10.1. The number of anilines is 1. The highest BCUT2D eigenvalue weighted by Crippen LogP contribution is 2.20. The molecule has 2 amide bonds. The average Bonchev–Trinajstić information content (AvgIpc) is 2.39. The second-order valence-corrected chi connectivity index (χ2v) is 4.98. The number of carboxylic acid groups (broad SMARTS) is 1. The van der Waals surface area contributed by atoms with Crippen molar-refractivity contribution in [3.05, 3.63) is 28.8 Å². The van der Waals surface area contributed by atoms with Gasteiger partial charge in [0.15, 0.2) is 0 Å². The number of benzene rings is 1. The van der Waals surface area contributed by atoms with E-state index in [2.05, 4.69) is 5.32 Å². The first-order chi connectivity index (χ1) is 9.38. The molecule has 1 aromatic rings. The van der Waals surface area contributed by atoms with Crippen molar-refractivity contribution < 1.29 is 14.7 Å². The summed E-state index contributed by atoms with van der Waals surface area (Å²) in [6.07, 6.45) is 1.71. The summed E-state index contributed by atoms with van der Waals surface area (Å²) in [4.78, 5) is 24.6. The third-order valence-corrected chi connectivity index (χ3v) is 3.42. The highest BCUT2D eigenvalue weighted by Gasteiger charge is 2.17. The van der Waals surface area contributed by atoms with E-state index in [9.17, 15) is 9.59 Å². The quantitative estimate of drug-likeness (QED) is 0.871. The van der Waals surface area contributed by atoms with Crippen molar-refractivity contribution in [1.29, 1.82) is 0 Å². The van der Waals surface area contributed by atoms with Crippen LogP contribution in [0.2, 0.25) is 5.02 Å². The van der Waals surface area contributed by atoms with E-state index in [1.165, 1.54) is 18.2 Å². The van der Waals surface area contributed by atoms with E-state index in [-0.39, 0.29) is 22.7 Å². The number of halogens is 1. The van der Waals surface area contributed by atoms with E-state index in [4.69, 9.17) is 16.7 Å². The number of carbonyl (C=O) groups excluding carboxylic acids is 1. The van der Waals surface area contributed by atoms with Crippen LogP contribution in [0.25, 0.3) is 0 Å². The van der Waals surface area contributed by atoms with E-state index in [1.807, 2.05) is 13.8 Å². The molecule has 0 aliphatic heterocycles. The summed E-state index contributed by atoms with van der Waals surface area (Å²) in [5.41, 5.74) is 0.413. The number of carbonyl (C=O) groups is 2. The van der Waals surface area contributed by atoms with Gasteiger partial charge in [0, 0.05) is 23.8 Å². The SMILES string of the molecule is CCC(CC)N(C)C(=O)Nc1cc(Cl)cc(C(=O)O)c1. The van der Waals surface area contributed by atoms with Gasteiger partial charge in [0.05, 0.1) is 5.56 Å². The molecule has 0 atom stereocenters. The summed E-state index contributed by atoms with van der Waals surface area (Å²) in [5, 5.41) is 11.9. The van der Waals surface area contributed by atoms with Crippen LogP contribution in [0.4, 0.5) is 10.5 Å². The van der Waals surface area contributed by atoms with Gasteiger partial charge >= 0.3 is 12.0 Å². The molecule has 0 saturated carbocycles. The molecule has 0 aliphatic carbocycles. The molecule has 0 fully saturated rings. The van der Waals surface area contributed by atoms with Gasteiger partial charge < -0.3 is 15.3 Å². The van der Waals surface area contributed by atoms with Crippen LogP contribution in [0.1, 0.15) is 37.0 Å². The molecular formula is C14H19ClN2O3. The topological polar surface area (TPSA) is 69.6 Å². The van der Waals surface area contributed by atoms with Crippen LogP contribution < -0.4 is 5.32 Å². The molecule has 1 aromatic carbocycles. The van der Waals surface area contributed by atoms with E-state index >= 15 is 0 Å². The molecule has 2 N–H and O–H groups in total. The van der Waals surface area contributed by atoms with E-state index in [1.54, 1.807) is 11.9 Å². The molecule has 0 aromatic heterocycles. The molecule has 5 nitrogen and oxygen atoms in total. The van der Waals surface area contributed by atoms with Crippen molar-refractivity contribution in [2.75, 3.05) is 12.4 Å². The Balaban J connectivity index is 2.87. The molecule has 0 bridgehead atoms. The van der Waals surface area contributed by atoms with E-state index < -0.39 is 5.97 Å². The number of aromatic carboxylic acids is 1. The Hall–Kier alpha value is -1.75. The molecule has 6 heteroatoms. The number of nitrogens with one attached hydrogen (secondary N) is 1. The summed E-state index contributed by atoms with van der Waals surface area (Å²) in [6.45, 7) is 4.03. The number of nitrogens with zero attached hydrogens (tertiary/aromatic N) is 1. The summed E-state index contributed by atoms with van der Waals surface area (Å²) in [7, 11) is 1.72. The summed E-state index contributed by atoms with van der Waals surface area (Å²) < 4.78 is 0. The van der Waals surface area contributed by atoms with Crippen LogP contribution in [0.5, 0.6) is 0 Å². The lowest BCUT2D eigenvalue weighted by Crippen LogP contribution is -2.39. The van der Waals surface area contributed by atoms with Gasteiger partial charge in [-0.15, -0.1) is 0 Å². The molecule has 20 heavy (non-hydrogen) atoms. The molecule has 110 valence electrons. The fraction of sp³-hybridized carbons (Fsp3) is 0.429. The standard InChI is InChI=1S/C14H19ClN2O3/c1-4-12(5-2)17(3)14(20)16-11-7-9(13(18)19)6-10(15)8-11/h6-8,12H,4-5H2,1-3H3,(H,16,20)(H,18,19). The fourth-order valence-electron chi connectivity index (χ4n) is 2.00. The van der Waals surface area contributed by atoms with Crippen molar-refractivity contribution in [2.45, 2.75) is 32.7 Å². The largest absolute Gasteiger partial charge is 0.478 e. The van der Waals surface area contributed by atoms with Crippen LogP contribution in [-0.4, -0.2) is 35.1 Å². The maximum Gasteiger partial charge on any atom is 0.335 e. The number of rotatable bonds is 5. The van der Waals surface area contributed by atoms with Gasteiger partial charge in [0.2, 0.25) is 0 Å². The Morgan fingerprint density at radius 2 is 1.90 bits per heavy atom. The number of hydrogen-bond acceptors (Lipinski definition) is 2. The molecule has 0 spiro atoms. The Kier molecular flexibility index (Phi) is 5.82. The van der Waals surface area contributed by atoms with Crippen molar-refractivity contribution >= 4 is 29.3 Å².